The SMILES string of the molecule is Cn1ccc2c(OC3CC4(C3)CN(CCCBr)C4)ccc(Cl)c2c1=O. The standard InChI is InChI=1S/C19H22BrClN2O2/c1-22-8-5-14-16(4-3-15(21)17(14)18(22)24)25-13-9-19(10-13)11-23(12-19)7-2-6-20/h3-5,8,13H,2,6-7,9-12H2,1H3. The minimum atomic E-state index is -0.0838. The summed E-state index contributed by atoms with van der Waals surface area (Å²) in [5, 5.41) is 2.91. The van der Waals surface area contributed by atoms with Gasteiger partial charge >= 0.3 is 0 Å². The summed E-state index contributed by atoms with van der Waals surface area (Å²) >= 11 is 9.74. The van der Waals surface area contributed by atoms with Gasteiger partial charge in [0.2, 0.25) is 0 Å². The number of alkyl halides is 1. The normalized spacial score (nSPS) is 19.8. The van der Waals surface area contributed by atoms with E-state index in [0.717, 1.165) is 29.3 Å². The number of aryl methyl sites for hydroxylation is 1. The Balaban J connectivity index is 1.45. The van der Waals surface area contributed by atoms with Gasteiger partial charge in [0.25, 0.3) is 5.56 Å². The van der Waals surface area contributed by atoms with Gasteiger partial charge in [-0.1, -0.05) is 27.5 Å². The minimum Gasteiger partial charge on any atom is -0.490 e. The maximum atomic E-state index is 12.4. The Kier molecular flexibility index (Phi) is 4.59. The van der Waals surface area contributed by atoms with Crippen molar-refractivity contribution in [2.75, 3.05) is 25.0 Å². The van der Waals surface area contributed by atoms with Crippen molar-refractivity contribution in [1.82, 2.24) is 9.47 Å². The van der Waals surface area contributed by atoms with Gasteiger partial charge in [0.05, 0.1) is 16.5 Å². The number of likely N-dealkylation sites (tertiary alicyclic amines) is 1. The lowest BCUT2D eigenvalue weighted by Gasteiger charge is -2.58. The van der Waals surface area contributed by atoms with Crippen molar-refractivity contribution in [2.24, 2.45) is 12.5 Å². The van der Waals surface area contributed by atoms with Crippen LogP contribution in [0.5, 0.6) is 5.75 Å². The largest absolute Gasteiger partial charge is 0.490 e. The third kappa shape index (κ3) is 3.11. The number of fused-ring (bicyclic) bond motifs is 1. The van der Waals surface area contributed by atoms with Gasteiger partial charge in [-0.3, -0.25) is 4.79 Å². The van der Waals surface area contributed by atoms with Crippen molar-refractivity contribution in [3.05, 3.63) is 39.8 Å². The molecule has 2 aromatic rings. The van der Waals surface area contributed by atoms with Crippen LogP contribution in [0.4, 0.5) is 0 Å². The van der Waals surface area contributed by atoms with Crippen LogP contribution in [0, 0.1) is 5.41 Å². The third-order valence-corrected chi connectivity index (χ3v) is 6.37. The lowest BCUT2D eigenvalue weighted by Crippen LogP contribution is -2.64. The van der Waals surface area contributed by atoms with Crippen LogP contribution in [0.1, 0.15) is 19.3 Å². The molecule has 0 amide bonds. The Morgan fingerprint density at radius 2 is 2.08 bits per heavy atom. The number of nitrogens with zero attached hydrogens (tertiary/aromatic N) is 2. The molecular weight excluding hydrogens is 404 g/mol. The Bertz CT molecular complexity index is 852. The van der Waals surface area contributed by atoms with E-state index < -0.39 is 0 Å². The fourth-order valence-corrected chi connectivity index (χ4v) is 4.76. The van der Waals surface area contributed by atoms with E-state index >= 15 is 0 Å². The zero-order valence-corrected chi connectivity index (χ0v) is 16.6. The number of halogens is 2. The summed E-state index contributed by atoms with van der Waals surface area (Å²) in [7, 11) is 1.74. The topological polar surface area (TPSA) is 34.5 Å². The fourth-order valence-electron chi connectivity index (χ4n) is 4.26. The minimum absolute atomic E-state index is 0.0838. The van der Waals surface area contributed by atoms with Gasteiger partial charge in [0, 0.05) is 42.5 Å². The van der Waals surface area contributed by atoms with Gasteiger partial charge in [-0.15, -0.1) is 0 Å². The molecule has 25 heavy (non-hydrogen) atoms. The smallest absolute Gasteiger partial charge is 0.259 e. The van der Waals surface area contributed by atoms with Crippen LogP contribution in [-0.2, 0) is 7.05 Å². The maximum Gasteiger partial charge on any atom is 0.259 e. The Labute approximate surface area is 160 Å². The average Bonchev–Trinajstić information content (AvgIpc) is 2.52. The molecule has 4 nitrogen and oxygen atoms in total. The second-order valence-electron chi connectivity index (χ2n) is 7.47. The number of pyridine rings is 1. The molecule has 2 heterocycles. The quantitative estimate of drug-likeness (QED) is 0.683. The number of ether oxygens (including phenoxy) is 1. The summed E-state index contributed by atoms with van der Waals surface area (Å²) in [4.78, 5) is 14.9. The van der Waals surface area contributed by atoms with Crippen LogP contribution in [0.15, 0.2) is 29.2 Å². The van der Waals surface area contributed by atoms with Gasteiger partial charge in [-0.05, 0) is 44.0 Å². The number of hydrogen-bond acceptors (Lipinski definition) is 3. The van der Waals surface area contributed by atoms with E-state index in [-0.39, 0.29) is 11.7 Å². The third-order valence-electron chi connectivity index (χ3n) is 5.49. The van der Waals surface area contributed by atoms with E-state index in [2.05, 4.69) is 20.8 Å². The second kappa shape index (κ2) is 6.60. The van der Waals surface area contributed by atoms with Crippen LogP contribution in [-0.4, -0.2) is 40.5 Å². The van der Waals surface area contributed by atoms with Gasteiger partial charge < -0.3 is 14.2 Å². The van der Waals surface area contributed by atoms with Crippen molar-refractivity contribution in [1.29, 1.82) is 0 Å². The lowest BCUT2D eigenvalue weighted by molar-refractivity contribution is -0.118. The lowest BCUT2D eigenvalue weighted by atomic mass is 9.61. The van der Waals surface area contributed by atoms with Crippen LogP contribution in [0.3, 0.4) is 0 Å². The highest BCUT2D eigenvalue weighted by atomic mass is 79.9. The number of benzene rings is 1. The summed E-state index contributed by atoms with van der Waals surface area (Å²) < 4.78 is 7.78. The molecule has 0 atom stereocenters. The predicted octanol–water partition coefficient (Wildman–Crippen LogP) is 3.82. The molecule has 0 bridgehead atoms. The molecule has 2 aliphatic rings. The molecule has 1 spiro atoms. The molecule has 1 aliphatic carbocycles. The summed E-state index contributed by atoms with van der Waals surface area (Å²) in [6, 6.07) is 5.57. The molecule has 0 radical (unpaired) electrons. The van der Waals surface area contributed by atoms with E-state index in [1.165, 1.54) is 26.1 Å². The molecule has 6 heteroatoms. The van der Waals surface area contributed by atoms with E-state index in [4.69, 9.17) is 16.3 Å². The van der Waals surface area contributed by atoms with E-state index in [9.17, 15) is 4.79 Å². The molecule has 1 aromatic heterocycles. The molecule has 1 saturated carbocycles. The van der Waals surface area contributed by atoms with Gasteiger partial charge in [0.15, 0.2) is 0 Å². The van der Waals surface area contributed by atoms with Gasteiger partial charge in [0.1, 0.15) is 5.75 Å². The van der Waals surface area contributed by atoms with Crippen LogP contribution < -0.4 is 10.3 Å². The zero-order valence-electron chi connectivity index (χ0n) is 14.3. The monoisotopic (exact) mass is 424 g/mol. The van der Waals surface area contributed by atoms with E-state index in [1.54, 1.807) is 23.9 Å². The highest BCUT2D eigenvalue weighted by Crippen LogP contribution is 2.50. The van der Waals surface area contributed by atoms with Crippen LogP contribution in [0.25, 0.3) is 10.8 Å². The molecule has 134 valence electrons. The number of rotatable bonds is 5. The Hall–Kier alpha value is -1.04. The Morgan fingerprint density at radius 1 is 1.32 bits per heavy atom. The Morgan fingerprint density at radius 3 is 2.80 bits per heavy atom. The predicted molar refractivity (Wildman–Crippen MR) is 105 cm³/mol. The molecule has 1 saturated heterocycles. The first-order chi connectivity index (χ1) is 12.0. The fraction of sp³-hybridized carbons (Fsp3) is 0.526. The van der Waals surface area contributed by atoms with Crippen LogP contribution in [0.2, 0.25) is 5.02 Å². The zero-order chi connectivity index (χ0) is 17.6. The van der Waals surface area contributed by atoms with Crippen molar-refractivity contribution >= 4 is 38.3 Å². The van der Waals surface area contributed by atoms with E-state index in [1.807, 2.05) is 12.1 Å². The summed E-state index contributed by atoms with van der Waals surface area (Å²) in [5.74, 6) is 0.771. The van der Waals surface area contributed by atoms with Crippen molar-refractivity contribution in [3.63, 3.8) is 0 Å². The van der Waals surface area contributed by atoms with Crippen LogP contribution >= 0.6 is 27.5 Å². The second-order valence-corrected chi connectivity index (χ2v) is 8.67. The first kappa shape index (κ1) is 17.4. The summed E-state index contributed by atoms with van der Waals surface area (Å²) in [5.41, 5.74) is 0.384. The van der Waals surface area contributed by atoms with Crippen molar-refractivity contribution < 1.29 is 4.74 Å². The molecule has 1 aliphatic heterocycles. The first-order valence-corrected chi connectivity index (χ1v) is 10.2. The molecular formula is C19H22BrClN2O2. The molecule has 1 aromatic carbocycles. The number of aromatic nitrogens is 1. The maximum absolute atomic E-state index is 12.4. The summed E-state index contributed by atoms with van der Waals surface area (Å²) in [6.45, 7) is 3.58. The van der Waals surface area contributed by atoms with Crippen molar-refractivity contribution in [2.45, 2.75) is 25.4 Å². The van der Waals surface area contributed by atoms with E-state index in [0.29, 0.717) is 15.8 Å². The molecule has 0 N–H and O–H groups in total. The molecule has 2 fully saturated rings. The molecule has 4 rings (SSSR count). The number of hydrogen-bond donors (Lipinski definition) is 0. The van der Waals surface area contributed by atoms with Gasteiger partial charge in [-0.25, -0.2) is 0 Å². The van der Waals surface area contributed by atoms with Crippen molar-refractivity contribution in [3.8, 4) is 5.75 Å². The first-order valence-electron chi connectivity index (χ1n) is 8.74. The highest BCUT2D eigenvalue weighted by molar-refractivity contribution is 9.09. The average molecular weight is 426 g/mol. The molecule has 0 unspecified atom stereocenters. The summed E-state index contributed by atoms with van der Waals surface area (Å²) in [6.07, 6.45) is 5.43. The van der Waals surface area contributed by atoms with Gasteiger partial charge in [-0.2, -0.15) is 0 Å². The highest BCUT2D eigenvalue weighted by Gasteiger charge is 2.53.